The molecular weight excluding hydrogens is 613 g/mol. The van der Waals surface area contributed by atoms with Gasteiger partial charge in [-0.15, -0.1) is 0 Å². The lowest BCUT2D eigenvalue weighted by atomic mass is 10.0. The summed E-state index contributed by atoms with van der Waals surface area (Å²) in [6.45, 7) is 0. The minimum absolute atomic E-state index is 0.122. The summed E-state index contributed by atoms with van der Waals surface area (Å²) in [5.74, 6) is 2.19. The van der Waals surface area contributed by atoms with Gasteiger partial charge in [0.2, 0.25) is 5.88 Å². The predicted molar refractivity (Wildman–Crippen MR) is 203 cm³/mol. The van der Waals surface area contributed by atoms with E-state index in [2.05, 4.69) is 148 Å². The van der Waals surface area contributed by atoms with Crippen LogP contribution in [0.5, 0.6) is 11.6 Å². The molecule has 236 valence electrons. The fourth-order valence-electron chi connectivity index (χ4n) is 7.62. The minimum atomic E-state index is -0.122. The van der Waals surface area contributed by atoms with Crippen LogP contribution in [0.25, 0.3) is 60.6 Å². The molecule has 1 aliphatic rings. The number of aromatic nitrogens is 4. The van der Waals surface area contributed by atoms with Crippen LogP contribution < -0.4 is 4.74 Å². The molecule has 10 rings (SSSR count). The van der Waals surface area contributed by atoms with Crippen LogP contribution in [0.3, 0.4) is 0 Å². The zero-order valence-corrected chi connectivity index (χ0v) is 27.0. The average Bonchev–Trinajstić information content (AvgIpc) is 3.28. The number of hydrogen-bond donors (Lipinski definition) is 0. The molecule has 4 aromatic heterocycles. The quantitative estimate of drug-likeness (QED) is 0.192. The maximum Gasteiger partial charge on any atom is 0.219 e. The van der Waals surface area contributed by atoms with E-state index in [1.165, 1.54) is 22.3 Å². The minimum Gasteiger partial charge on any atom is -0.439 e. The highest BCUT2D eigenvalue weighted by molar-refractivity contribution is 6.01. The Bertz CT molecular complexity index is 2800. The van der Waals surface area contributed by atoms with Crippen LogP contribution in [0, 0.1) is 0 Å². The zero-order valence-electron chi connectivity index (χ0n) is 27.0. The van der Waals surface area contributed by atoms with E-state index in [1.807, 2.05) is 36.5 Å². The van der Waals surface area contributed by atoms with Crippen LogP contribution in [0.1, 0.15) is 17.2 Å². The molecule has 0 amide bonds. The van der Waals surface area contributed by atoms with E-state index in [9.17, 15) is 0 Å². The first-order chi connectivity index (χ1) is 24.8. The van der Waals surface area contributed by atoms with Gasteiger partial charge in [0.1, 0.15) is 11.6 Å². The average molecular weight is 643 g/mol. The number of hydrogen-bond acceptors (Lipinski definition) is 3. The smallest absolute Gasteiger partial charge is 0.219 e. The lowest BCUT2D eigenvalue weighted by Gasteiger charge is -2.22. The SMILES string of the molecule is c1ccc(Oc2ccc3c(c2)C(n2c4ccccc4ccc4cc5ccc6ccccc6n(-c6ccccn6)c5cc42)c2ccccc2-3)nc1. The molecule has 0 N–H and O–H groups in total. The molecule has 1 aliphatic carbocycles. The van der Waals surface area contributed by atoms with Crippen LogP contribution in [-0.2, 0) is 0 Å². The van der Waals surface area contributed by atoms with Gasteiger partial charge in [0, 0.05) is 24.0 Å². The number of nitrogens with zero attached hydrogens (tertiary/aromatic N) is 4. The molecule has 5 heteroatoms. The van der Waals surface area contributed by atoms with Gasteiger partial charge in [0.15, 0.2) is 0 Å². The van der Waals surface area contributed by atoms with Crippen molar-refractivity contribution in [1.82, 2.24) is 19.1 Å². The van der Waals surface area contributed by atoms with Gasteiger partial charge in [-0.25, -0.2) is 9.97 Å². The molecule has 1 atom stereocenters. The molecule has 0 spiro atoms. The number of para-hydroxylation sites is 2. The lowest BCUT2D eigenvalue weighted by molar-refractivity contribution is 0.462. The maximum atomic E-state index is 6.32. The summed E-state index contributed by atoms with van der Waals surface area (Å²) in [6, 6.07) is 57.7. The topological polar surface area (TPSA) is 44.9 Å². The largest absolute Gasteiger partial charge is 0.439 e. The number of rotatable bonds is 4. The van der Waals surface area contributed by atoms with Crippen LogP contribution >= 0.6 is 0 Å². The summed E-state index contributed by atoms with van der Waals surface area (Å²) in [4.78, 5) is 9.29. The van der Waals surface area contributed by atoms with Crippen molar-refractivity contribution in [3.05, 3.63) is 187 Å². The summed E-state index contributed by atoms with van der Waals surface area (Å²) in [5.41, 5.74) is 9.28. The third-order valence-corrected chi connectivity index (χ3v) is 9.80. The van der Waals surface area contributed by atoms with Gasteiger partial charge in [-0.1, -0.05) is 103 Å². The van der Waals surface area contributed by atoms with Crippen molar-refractivity contribution < 1.29 is 4.74 Å². The van der Waals surface area contributed by atoms with Crippen molar-refractivity contribution >= 4 is 43.6 Å². The van der Waals surface area contributed by atoms with Gasteiger partial charge in [-0.3, -0.25) is 4.57 Å². The summed E-state index contributed by atoms with van der Waals surface area (Å²) >= 11 is 0. The van der Waals surface area contributed by atoms with E-state index < -0.39 is 0 Å². The molecule has 50 heavy (non-hydrogen) atoms. The molecule has 5 aromatic carbocycles. The monoisotopic (exact) mass is 642 g/mol. The molecule has 5 nitrogen and oxygen atoms in total. The van der Waals surface area contributed by atoms with Crippen LogP contribution in [0.15, 0.2) is 176 Å². The zero-order chi connectivity index (χ0) is 33.0. The molecule has 9 aromatic rings. The highest BCUT2D eigenvalue weighted by Gasteiger charge is 2.31. The summed E-state index contributed by atoms with van der Waals surface area (Å²) in [6.07, 6.45) is 3.62. The second kappa shape index (κ2) is 11.5. The first-order valence-electron chi connectivity index (χ1n) is 16.8. The van der Waals surface area contributed by atoms with Crippen molar-refractivity contribution in [3.63, 3.8) is 0 Å². The second-order valence-electron chi connectivity index (χ2n) is 12.7. The van der Waals surface area contributed by atoms with E-state index >= 15 is 0 Å². The first kappa shape index (κ1) is 28.3. The van der Waals surface area contributed by atoms with Gasteiger partial charge >= 0.3 is 0 Å². The Labute approximate surface area is 288 Å². The van der Waals surface area contributed by atoms with Crippen molar-refractivity contribution in [2.75, 3.05) is 0 Å². The molecular formula is C45H30N4O. The van der Waals surface area contributed by atoms with E-state index in [4.69, 9.17) is 9.72 Å². The molecule has 0 saturated heterocycles. The lowest BCUT2D eigenvalue weighted by Crippen LogP contribution is -2.11. The number of pyridine rings is 2. The third kappa shape index (κ3) is 4.55. The molecule has 0 radical (unpaired) electrons. The Morgan fingerprint density at radius 1 is 0.440 bits per heavy atom. The molecule has 4 heterocycles. The van der Waals surface area contributed by atoms with Crippen LogP contribution in [0.4, 0.5) is 0 Å². The fraction of sp³-hybridized carbons (Fsp3) is 0.0222. The fourth-order valence-corrected chi connectivity index (χ4v) is 7.62. The second-order valence-corrected chi connectivity index (χ2v) is 12.7. The Balaban J connectivity index is 1.34. The Kier molecular flexibility index (Phi) is 6.49. The number of ether oxygens (including phenoxy) is 1. The normalized spacial score (nSPS) is 13.4. The molecule has 0 aliphatic heterocycles. The van der Waals surface area contributed by atoms with Crippen molar-refractivity contribution in [1.29, 1.82) is 0 Å². The van der Waals surface area contributed by atoms with E-state index in [1.54, 1.807) is 6.20 Å². The molecule has 0 bridgehead atoms. The van der Waals surface area contributed by atoms with Crippen LogP contribution in [0.2, 0.25) is 0 Å². The van der Waals surface area contributed by atoms with Gasteiger partial charge in [0.25, 0.3) is 0 Å². The summed E-state index contributed by atoms with van der Waals surface area (Å²) in [5, 5.41) is 4.57. The molecule has 0 fully saturated rings. The summed E-state index contributed by atoms with van der Waals surface area (Å²) in [7, 11) is 0. The van der Waals surface area contributed by atoms with Crippen LogP contribution in [-0.4, -0.2) is 19.1 Å². The van der Waals surface area contributed by atoms with Gasteiger partial charge in [-0.2, -0.15) is 0 Å². The first-order valence-corrected chi connectivity index (χ1v) is 16.8. The van der Waals surface area contributed by atoms with Crippen molar-refractivity contribution in [2.24, 2.45) is 0 Å². The van der Waals surface area contributed by atoms with E-state index in [0.717, 1.165) is 55.2 Å². The predicted octanol–water partition coefficient (Wildman–Crippen LogP) is 11.2. The van der Waals surface area contributed by atoms with Gasteiger partial charge in [-0.05, 0) is 98.4 Å². The van der Waals surface area contributed by atoms with Crippen molar-refractivity contribution in [2.45, 2.75) is 6.04 Å². The van der Waals surface area contributed by atoms with E-state index in [-0.39, 0.29) is 6.04 Å². The highest BCUT2D eigenvalue weighted by Crippen LogP contribution is 2.49. The Hall–Kier alpha value is -6.72. The maximum absolute atomic E-state index is 6.32. The Morgan fingerprint density at radius 3 is 1.90 bits per heavy atom. The van der Waals surface area contributed by atoms with E-state index in [0.29, 0.717) is 5.88 Å². The number of benzene rings is 5. The summed E-state index contributed by atoms with van der Waals surface area (Å²) < 4.78 is 11.1. The highest BCUT2D eigenvalue weighted by atomic mass is 16.5. The third-order valence-electron chi connectivity index (χ3n) is 9.80. The molecule has 0 saturated carbocycles. The van der Waals surface area contributed by atoms with Gasteiger partial charge < -0.3 is 9.30 Å². The standard InChI is InChI=1S/C45H30N4O/c1-5-15-39-30(11-1)19-21-32-27-33-22-20-31-12-2-6-16-40(31)49(42(33)29-41(32)48(39)43-17-7-9-25-46-43)45-37-14-4-3-13-35(37)36-24-23-34(28-38(36)45)50-44-18-8-10-26-47-44/h1-29,45H. The number of fused-ring (bicyclic) bond motifs is 7. The molecule has 1 unspecified atom stereocenters. The Morgan fingerprint density at radius 2 is 1.10 bits per heavy atom. The van der Waals surface area contributed by atoms with Gasteiger partial charge in [0.05, 0.1) is 22.6 Å². The van der Waals surface area contributed by atoms with Crippen molar-refractivity contribution in [3.8, 4) is 28.6 Å².